The summed E-state index contributed by atoms with van der Waals surface area (Å²) in [5, 5.41) is 21.5. The molecular formula is C28H44N2O4. The van der Waals surface area contributed by atoms with Gasteiger partial charge in [0.25, 0.3) is 0 Å². The van der Waals surface area contributed by atoms with E-state index < -0.39 is 24.0 Å². The quantitative estimate of drug-likeness (QED) is 0.376. The summed E-state index contributed by atoms with van der Waals surface area (Å²) in [4.78, 5) is 24.3. The third-order valence-electron chi connectivity index (χ3n) is 6.03. The van der Waals surface area contributed by atoms with Crippen molar-refractivity contribution in [3.63, 3.8) is 0 Å². The van der Waals surface area contributed by atoms with Crippen molar-refractivity contribution >= 4 is 11.9 Å². The van der Waals surface area contributed by atoms with Crippen molar-refractivity contribution in [3.05, 3.63) is 71.8 Å². The maximum Gasteiger partial charge on any atom is 0.321 e. The maximum atomic E-state index is 11.3. The third-order valence-corrected chi connectivity index (χ3v) is 6.03. The minimum absolute atomic E-state index is 0. The lowest BCUT2D eigenvalue weighted by Gasteiger charge is -2.29. The van der Waals surface area contributed by atoms with Crippen LogP contribution in [-0.2, 0) is 22.7 Å². The lowest BCUT2D eigenvalue weighted by Crippen LogP contribution is -2.42. The van der Waals surface area contributed by atoms with Gasteiger partial charge in [-0.3, -0.25) is 14.5 Å². The highest BCUT2D eigenvalue weighted by atomic mass is 16.4. The summed E-state index contributed by atoms with van der Waals surface area (Å²) in [7, 11) is 1.87. The molecule has 0 aliphatic carbocycles. The first-order valence-electron chi connectivity index (χ1n) is 11.7. The van der Waals surface area contributed by atoms with Crippen molar-refractivity contribution in [1.82, 2.24) is 10.2 Å². The Morgan fingerprint density at radius 2 is 1.29 bits per heavy atom. The Morgan fingerprint density at radius 1 is 0.824 bits per heavy atom. The molecule has 6 heteroatoms. The lowest BCUT2D eigenvalue weighted by atomic mass is 9.97. The molecule has 4 atom stereocenters. The summed E-state index contributed by atoms with van der Waals surface area (Å²) in [5.74, 6) is -1.22. The predicted molar refractivity (Wildman–Crippen MR) is 140 cm³/mol. The average molecular weight is 473 g/mol. The van der Waals surface area contributed by atoms with Crippen molar-refractivity contribution in [2.75, 3.05) is 7.05 Å². The number of carbonyl (C=O) groups is 2. The summed E-state index contributed by atoms with van der Waals surface area (Å²) in [5.41, 5.74) is 2.25. The van der Waals surface area contributed by atoms with Gasteiger partial charge in [0.15, 0.2) is 0 Å². The molecule has 34 heavy (non-hydrogen) atoms. The summed E-state index contributed by atoms with van der Waals surface area (Å²) in [6.45, 7) is 9.24. The molecule has 0 bridgehead atoms. The molecule has 0 aliphatic heterocycles. The molecule has 0 amide bonds. The molecular weight excluding hydrogens is 428 g/mol. The average Bonchev–Trinajstić information content (AvgIpc) is 2.80. The SMILES string of the molecule is C.CC[C@H](C)[C@@H](C(=O)O)N(C)Cc1ccccc1.CC[C@H](C)[C@H](NCc1ccccc1)C(=O)O. The topological polar surface area (TPSA) is 89.9 Å². The first kappa shape index (κ1) is 31.3. The van der Waals surface area contributed by atoms with Gasteiger partial charge in [-0.2, -0.15) is 0 Å². The van der Waals surface area contributed by atoms with Gasteiger partial charge < -0.3 is 15.5 Å². The van der Waals surface area contributed by atoms with E-state index in [2.05, 4.69) is 5.32 Å². The van der Waals surface area contributed by atoms with E-state index >= 15 is 0 Å². The van der Waals surface area contributed by atoms with E-state index in [0.29, 0.717) is 13.1 Å². The van der Waals surface area contributed by atoms with E-state index in [0.717, 1.165) is 24.0 Å². The van der Waals surface area contributed by atoms with Crippen molar-refractivity contribution in [3.8, 4) is 0 Å². The van der Waals surface area contributed by atoms with E-state index in [9.17, 15) is 14.7 Å². The Balaban J connectivity index is 0.000000623. The Bertz CT molecular complexity index is 814. The molecule has 190 valence electrons. The molecule has 3 N–H and O–H groups in total. The maximum absolute atomic E-state index is 11.3. The second-order valence-corrected chi connectivity index (χ2v) is 8.64. The molecule has 2 aromatic carbocycles. The van der Waals surface area contributed by atoms with Gasteiger partial charge in [-0.25, -0.2) is 0 Å². The molecule has 0 aromatic heterocycles. The minimum atomic E-state index is -0.773. The predicted octanol–water partition coefficient (Wildman–Crippen LogP) is 5.53. The van der Waals surface area contributed by atoms with Crippen LogP contribution in [0.15, 0.2) is 60.7 Å². The Morgan fingerprint density at radius 3 is 1.71 bits per heavy atom. The van der Waals surface area contributed by atoms with Gasteiger partial charge in [0, 0.05) is 13.1 Å². The first-order valence-corrected chi connectivity index (χ1v) is 11.7. The Labute approximate surface area is 206 Å². The summed E-state index contributed by atoms with van der Waals surface area (Å²) >= 11 is 0. The van der Waals surface area contributed by atoms with E-state index in [1.807, 2.05) is 100 Å². The van der Waals surface area contributed by atoms with E-state index in [-0.39, 0.29) is 19.3 Å². The van der Waals surface area contributed by atoms with Crippen LogP contribution in [-0.4, -0.2) is 46.2 Å². The number of aliphatic carboxylic acids is 2. The van der Waals surface area contributed by atoms with E-state index in [1.54, 1.807) is 0 Å². The van der Waals surface area contributed by atoms with Crippen LogP contribution in [0.4, 0.5) is 0 Å². The van der Waals surface area contributed by atoms with E-state index in [4.69, 9.17) is 5.11 Å². The van der Waals surface area contributed by atoms with Gasteiger partial charge in [0.05, 0.1) is 0 Å². The van der Waals surface area contributed by atoms with Crippen molar-refractivity contribution in [2.45, 2.75) is 73.1 Å². The fourth-order valence-corrected chi connectivity index (χ4v) is 3.65. The summed E-state index contributed by atoms with van der Waals surface area (Å²) in [6.07, 6.45) is 1.73. The number of hydrogen-bond donors (Lipinski definition) is 3. The zero-order valence-electron chi connectivity index (χ0n) is 20.6. The number of rotatable bonds is 12. The third kappa shape index (κ3) is 10.9. The second-order valence-electron chi connectivity index (χ2n) is 8.64. The highest BCUT2D eigenvalue weighted by Crippen LogP contribution is 2.16. The Hall–Kier alpha value is -2.70. The van der Waals surface area contributed by atoms with Gasteiger partial charge in [-0.1, -0.05) is 109 Å². The van der Waals surface area contributed by atoms with Crippen LogP contribution in [0.3, 0.4) is 0 Å². The standard InChI is InChI=1S/C14H21NO2.C13H19NO2.CH4/c1-4-11(2)13(14(16)17)15(3)10-12-8-6-5-7-9-12;1-3-10(2)12(13(15)16)14-9-11-7-5-4-6-8-11;/h5-9,11,13H,4,10H2,1-3H3,(H,16,17);4-8,10,12,14H,3,9H2,1-2H3,(H,15,16);1H4/t11-,13-;10-,12-;/m00./s1. The fraction of sp³-hybridized carbons (Fsp3) is 0.500. The summed E-state index contributed by atoms with van der Waals surface area (Å²) < 4.78 is 0. The molecule has 0 heterocycles. The number of carboxylic acids is 2. The van der Waals surface area contributed by atoms with Gasteiger partial charge in [-0.05, 0) is 30.0 Å². The highest BCUT2D eigenvalue weighted by molar-refractivity contribution is 5.74. The number of likely N-dealkylation sites (N-methyl/N-ethyl adjacent to an activating group) is 1. The van der Waals surface area contributed by atoms with Gasteiger partial charge in [-0.15, -0.1) is 0 Å². The summed E-state index contributed by atoms with van der Waals surface area (Å²) in [6, 6.07) is 18.9. The van der Waals surface area contributed by atoms with Crippen LogP contribution in [0.1, 0.15) is 59.1 Å². The van der Waals surface area contributed by atoms with Crippen molar-refractivity contribution < 1.29 is 19.8 Å². The molecule has 2 aromatic rings. The normalized spacial score (nSPS) is 14.1. The van der Waals surface area contributed by atoms with Crippen LogP contribution in [0, 0.1) is 11.8 Å². The minimum Gasteiger partial charge on any atom is -0.480 e. The lowest BCUT2D eigenvalue weighted by molar-refractivity contribution is -0.145. The zero-order chi connectivity index (χ0) is 24.8. The smallest absolute Gasteiger partial charge is 0.321 e. The number of nitrogens with zero attached hydrogens (tertiary/aromatic N) is 1. The molecule has 0 unspecified atom stereocenters. The van der Waals surface area contributed by atoms with Crippen LogP contribution in [0.5, 0.6) is 0 Å². The Kier molecular flexibility index (Phi) is 15.5. The monoisotopic (exact) mass is 472 g/mol. The molecule has 0 radical (unpaired) electrons. The van der Waals surface area contributed by atoms with Gasteiger partial charge in [0.1, 0.15) is 12.1 Å². The van der Waals surface area contributed by atoms with Crippen molar-refractivity contribution in [1.29, 1.82) is 0 Å². The van der Waals surface area contributed by atoms with Crippen LogP contribution >= 0.6 is 0 Å². The number of benzene rings is 2. The number of hydrogen-bond acceptors (Lipinski definition) is 4. The van der Waals surface area contributed by atoms with Crippen LogP contribution in [0.25, 0.3) is 0 Å². The molecule has 0 aliphatic rings. The molecule has 2 rings (SSSR count). The highest BCUT2D eigenvalue weighted by Gasteiger charge is 2.27. The molecule has 0 saturated carbocycles. The first-order chi connectivity index (χ1) is 15.7. The van der Waals surface area contributed by atoms with Crippen LogP contribution < -0.4 is 5.32 Å². The van der Waals surface area contributed by atoms with Crippen LogP contribution in [0.2, 0.25) is 0 Å². The molecule has 0 spiro atoms. The second kappa shape index (κ2) is 16.8. The van der Waals surface area contributed by atoms with Crippen molar-refractivity contribution in [2.24, 2.45) is 11.8 Å². The molecule has 0 fully saturated rings. The van der Waals surface area contributed by atoms with E-state index in [1.165, 1.54) is 0 Å². The van der Waals surface area contributed by atoms with Gasteiger partial charge in [0.2, 0.25) is 0 Å². The molecule has 0 saturated heterocycles. The zero-order valence-corrected chi connectivity index (χ0v) is 20.6. The molecule has 6 nitrogen and oxygen atoms in total. The van der Waals surface area contributed by atoms with Gasteiger partial charge >= 0.3 is 11.9 Å². The largest absolute Gasteiger partial charge is 0.480 e. The number of nitrogens with one attached hydrogen (secondary N) is 1. The fourth-order valence-electron chi connectivity index (χ4n) is 3.65. The number of carboxylic acid groups (broad SMARTS) is 2.